The predicted molar refractivity (Wildman–Crippen MR) is 116 cm³/mol. The molecule has 2 N–H and O–H groups in total. The third kappa shape index (κ3) is 5.34. The van der Waals surface area contributed by atoms with Crippen LogP contribution in [0.15, 0.2) is 42.5 Å². The lowest BCUT2D eigenvalue weighted by molar-refractivity contribution is -0.385. The Balaban J connectivity index is 1.56. The number of nitriles is 1. The first-order valence-corrected chi connectivity index (χ1v) is 10.7. The normalized spacial score (nSPS) is 22.1. The molecule has 1 aliphatic rings. The molecular formula is C22H24FN3O4S. The SMILES string of the molecule is COc1ccc(COC2CC(C#N)(SC[C@](C)(N)c3cc([N+](=O)[O-])ccc3F)C2)cc1. The summed E-state index contributed by atoms with van der Waals surface area (Å²) in [6.45, 7) is 2.05. The summed E-state index contributed by atoms with van der Waals surface area (Å²) >= 11 is 1.35. The topological polar surface area (TPSA) is 111 Å². The van der Waals surface area contributed by atoms with Crippen molar-refractivity contribution in [3.63, 3.8) is 0 Å². The number of nitrogens with zero attached hydrogens (tertiary/aromatic N) is 2. The Morgan fingerprint density at radius 2 is 2.03 bits per heavy atom. The maximum Gasteiger partial charge on any atom is 0.269 e. The van der Waals surface area contributed by atoms with Crippen LogP contribution < -0.4 is 10.5 Å². The standard InChI is InChI=1S/C22H24FN3O4S/c1-21(25,19-9-16(26(27)28)5-8-20(19)23)14-31-22(13-24)10-18(11-22)30-12-15-3-6-17(29-2)7-4-15/h3-9,18H,10-12,14,25H2,1-2H3/t18?,21-,22?/m0/s1. The minimum absolute atomic E-state index is 0.0483. The number of ether oxygens (including phenoxy) is 2. The van der Waals surface area contributed by atoms with Crippen molar-refractivity contribution in [3.05, 3.63) is 69.5 Å². The van der Waals surface area contributed by atoms with Crippen LogP contribution in [0.5, 0.6) is 5.75 Å². The van der Waals surface area contributed by atoms with Crippen molar-refractivity contribution in [2.75, 3.05) is 12.9 Å². The lowest BCUT2D eigenvalue weighted by atomic mass is 9.82. The molecule has 2 aromatic rings. The zero-order valence-electron chi connectivity index (χ0n) is 17.3. The highest BCUT2D eigenvalue weighted by atomic mass is 32.2. The van der Waals surface area contributed by atoms with Gasteiger partial charge in [-0.05, 0) is 30.7 Å². The number of rotatable bonds is 9. The molecule has 0 radical (unpaired) electrons. The third-order valence-electron chi connectivity index (χ3n) is 5.39. The number of nitrogens with two attached hydrogens (primary N) is 1. The zero-order valence-corrected chi connectivity index (χ0v) is 18.2. The van der Waals surface area contributed by atoms with Gasteiger partial charge < -0.3 is 15.2 Å². The summed E-state index contributed by atoms with van der Waals surface area (Å²) in [5.74, 6) is 0.415. The Bertz CT molecular complexity index is 985. The van der Waals surface area contributed by atoms with Crippen LogP contribution >= 0.6 is 11.8 Å². The molecule has 1 saturated carbocycles. The number of methoxy groups -OCH3 is 1. The lowest BCUT2D eigenvalue weighted by Crippen LogP contribution is -2.47. The first-order chi connectivity index (χ1) is 14.7. The van der Waals surface area contributed by atoms with Gasteiger partial charge in [0.25, 0.3) is 5.69 Å². The Morgan fingerprint density at radius 3 is 2.61 bits per heavy atom. The van der Waals surface area contributed by atoms with Gasteiger partial charge in [-0.1, -0.05) is 12.1 Å². The fourth-order valence-corrected chi connectivity index (χ4v) is 4.80. The van der Waals surface area contributed by atoms with Crippen LogP contribution in [0.4, 0.5) is 10.1 Å². The van der Waals surface area contributed by atoms with E-state index in [4.69, 9.17) is 15.2 Å². The molecule has 164 valence electrons. The van der Waals surface area contributed by atoms with Gasteiger partial charge in [0.15, 0.2) is 0 Å². The Hall–Kier alpha value is -2.67. The molecule has 0 heterocycles. The van der Waals surface area contributed by atoms with Crippen LogP contribution in [-0.2, 0) is 16.9 Å². The van der Waals surface area contributed by atoms with Crippen molar-refractivity contribution in [2.24, 2.45) is 5.73 Å². The molecule has 0 bridgehead atoms. The molecule has 0 amide bonds. The molecule has 0 aromatic heterocycles. The van der Waals surface area contributed by atoms with E-state index < -0.39 is 21.0 Å². The molecule has 1 fully saturated rings. The van der Waals surface area contributed by atoms with E-state index in [1.807, 2.05) is 24.3 Å². The van der Waals surface area contributed by atoms with E-state index in [-0.39, 0.29) is 23.1 Å². The monoisotopic (exact) mass is 445 g/mol. The molecule has 0 saturated heterocycles. The largest absolute Gasteiger partial charge is 0.497 e. The van der Waals surface area contributed by atoms with Crippen molar-refractivity contribution < 1.29 is 18.8 Å². The maximum absolute atomic E-state index is 14.3. The highest BCUT2D eigenvalue weighted by molar-refractivity contribution is 8.01. The molecule has 1 aliphatic carbocycles. The van der Waals surface area contributed by atoms with Crippen molar-refractivity contribution in [3.8, 4) is 11.8 Å². The molecule has 7 nitrogen and oxygen atoms in total. The average molecular weight is 446 g/mol. The molecule has 0 spiro atoms. The minimum Gasteiger partial charge on any atom is -0.497 e. The molecule has 0 unspecified atom stereocenters. The zero-order chi connectivity index (χ0) is 22.6. The van der Waals surface area contributed by atoms with Crippen LogP contribution in [-0.4, -0.2) is 28.6 Å². The Labute approximate surface area is 184 Å². The Kier molecular flexibility index (Phi) is 6.84. The van der Waals surface area contributed by atoms with Gasteiger partial charge in [0.2, 0.25) is 0 Å². The van der Waals surface area contributed by atoms with Gasteiger partial charge in [-0.3, -0.25) is 10.1 Å². The number of hydrogen-bond donors (Lipinski definition) is 1. The molecular weight excluding hydrogens is 421 g/mol. The van der Waals surface area contributed by atoms with Crippen LogP contribution in [0, 0.1) is 27.3 Å². The summed E-state index contributed by atoms with van der Waals surface area (Å²) in [6.07, 6.45) is 1.03. The third-order valence-corrected chi connectivity index (χ3v) is 7.11. The smallest absolute Gasteiger partial charge is 0.269 e. The van der Waals surface area contributed by atoms with E-state index >= 15 is 0 Å². The summed E-state index contributed by atoms with van der Waals surface area (Å²) in [5.41, 5.74) is 6.00. The van der Waals surface area contributed by atoms with Crippen molar-refractivity contribution in [1.82, 2.24) is 0 Å². The second kappa shape index (κ2) is 9.22. The summed E-state index contributed by atoms with van der Waals surface area (Å²) in [6, 6.07) is 13.2. The minimum atomic E-state index is -1.17. The van der Waals surface area contributed by atoms with E-state index in [2.05, 4.69) is 6.07 Å². The number of benzene rings is 2. The van der Waals surface area contributed by atoms with Crippen LogP contribution in [0.2, 0.25) is 0 Å². The quantitative estimate of drug-likeness (QED) is 0.453. The first kappa shape index (κ1) is 23.0. The van der Waals surface area contributed by atoms with Crippen LogP contribution in [0.3, 0.4) is 0 Å². The molecule has 9 heteroatoms. The van der Waals surface area contributed by atoms with Crippen molar-refractivity contribution in [2.45, 2.75) is 42.8 Å². The highest BCUT2D eigenvalue weighted by Crippen LogP contribution is 2.47. The molecule has 3 rings (SSSR count). The maximum atomic E-state index is 14.3. The number of thioether (sulfide) groups is 1. The number of halogens is 1. The number of nitro groups is 1. The van der Waals surface area contributed by atoms with E-state index in [1.165, 1.54) is 11.8 Å². The van der Waals surface area contributed by atoms with Gasteiger partial charge >= 0.3 is 0 Å². The molecule has 1 atom stereocenters. The summed E-state index contributed by atoms with van der Waals surface area (Å²) in [5, 5.41) is 20.7. The molecule has 31 heavy (non-hydrogen) atoms. The summed E-state index contributed by atoms with van der Waals surface area (Å²) < 4.78 is 24.7. The first-order valence-electron chi connectivity index (χ1n) is 9.71. The number of non-ortho nitro benzene ring substituents is 1. The average Bonchev–Trinajstić information content (AvgIpc) is 2.73. The van der Waals surface area contributed by atoms with E-state index in [0.29, 0.717) is 19.4 Å². The number of nitro benzene ring substituents is 1. The van der Waals surface area contributed by atoms with E-state index in [9.17, 15) is 19.8 Å². The van der Waals surface area contributed by atoms with Gasteiger partial charge in [0.05, 0.1) is 36.4 Å². The Morgan fingerprint density at radius 1 is 1.35 bits per heavy atom. The van der Waals surface area contributed by atoms with Gasteiger partial charge in [-0.15, -0.1) is 11.8 Å². The van der Waals surface area contributed by atoms with E-state index in [0.717, 1.165) is 29.5 Å². The van der Waals surface area contributed by atoms with Gasteiger partial charge in [-0.2, -0.15) is 5.26 Å². The van der Waals surface area contributed by atoms with Gasteiger partial charge in [0.1, 0.15) is 16.3 Å². The summed E-state index contributed by atoms with van der Waals surface area (Å²) in [7, 11) is 1.61. The fourth-order valence-electron chi connectivity index (χ4n) is 3.40. The van der Waals surface area contributed by atoms with Gasteiger partial charge in [0, 0.05) is 36.3 Å². The molecule has 0 aliphatic heterocycles. The van der Waals surface area contributed by atoms with Crippen molar-refractivity contribution in [1.29, 1.82) is 5.26 Å². The van der Waals surface area contributed by atoms with Crippen LogP contribution in [0.25, 0.3) is 0 Å². The lowest BCUT2D eigenvalue weighted by Gasteiger charge is -2.43. The fraction of sp³-hybridized carbons (Fsp3) is 0.409. The highest BCUT2D eigenvalue weighted by Gasteiger charge is 2.47. The second-order valence-corrected chi connectivity index (χ2v) is 9.28. The van der Waals surface area contributed by atoms with Crippen LogP contribution in [0.1, 0.15) is 30.9 Å². The molecule has 2 aromatic carbocycles. The summed E-state index contributed by atoms with van der Waals surface area (Å²) in [4.78, 5) is 10.4. The van der Waals surface area contributed by atoms with Gasteiger partial charge in [-0.25, -0.2) is 4.39 Å². The number of hydrogen-bond acceptors (Lipinski definition) is 7. The predicted octanol–water partition coefficient (Wildman–Crippen LogP) is 4.29. The van der Waals surface area contributed by atoms with Crippen molar-refractivity contribution >= 4 is 17.4 Å². The van der Waals surface area contributed by atoms with E-state index in [1.54, 1.807) is 14.0 Å². The second-order valence-electron chi connectivity index (χ2n) is 7.92.